The van der Waals surface area contributed by atoms with Crippen LogP contribution in [-0.2, 0) is 23.0 Å². The lowest BCUT2D eigenvalue weighted by molar-refractivity contribution is 0.275. The predicted molar refractivity (Wildman–Crippen MR) is 85.7 cm³/mol. The lowest BCUT2D eigenvalue weighted by Gasteiger charge is -2.34. The standard InChI is InChI=1S/C15H27N3O2S/c1-11-8-12-13(16)9-15(2,3)10-14(12)18(11)6-7-21(19,20)17(4)5/h8,13H,6-7,9-10,16H2,1-5H3. The molecule has 1 atom stereocenters. The summed E-state index contributed by atoms with van der Waals surface area (Å²) < 4.78 is 27.4. The molecule has 0 aliphatic heterocycles. The Labute approximate surface area is 128 Å². The van der Waals surface area contributed by atoms with Gasteiger partial charge in [0, 0.05) is 38.1 Å². The van der Waals surface area contributed by atoms with Crippen LogP contribution in [0, 0.1) is 12.3 Å². The second-order valence-electron chi connectivity index (χ2n) is 7.09. The van der Waals surface area contributed by atoms with Gasteiger partial charge in [-0.1, -0.05) is 13.8 Å². The van der Waals surface area contributed by atoms with E-state index < -0.39 is 10.0 Å². The van der Waals surface area contributed by atoms with Gasteiger partial charge in [-0.05, 0) is 36.8 Å². The Morgan fingerprint density at radius 2 is 2.05 bits per heavy atom. The summed E-state index contributed by atoms with van der Waals surface area (Å²) in [6, 6.07) is 2.17. The molecule has 0 radical (unpaired) electrons. The van der Waals surface area contributed by atoms with Gasteiger partial charge in [-0.15, -0.1) is 0 Å². The van der Waals surface area contributed by atoms with E-state index in [9.17, 15) is 8.42 Å². The van der Waals surface area contributed by atoms with Crippen molar-refractivity contribution in [1.82, 2.24) is 8.87 Å². The van der Waals surface area contributed by atoms with Crippen molar-refractivity contribution < 1.29 is 8.42 Å². The SMILES string of the molecule is Cc1cc2c(n1CCS(=O)(=O)N(C)C)CC(C)(C)CC2N. The molecule has 1 heterocycles. The molecule has 1 aromatic heterocycles. The van der Waals surface area contributed by atoms with Gasteiger partial charge in [-0.25, -0.2) is 12.7 Å². The fourth-order valence-electron chi connectivity index (χ4n) is 3.20. The van der Waals surface area contributed by atoms with Crippen LogP contribution >= 0.6 is 0 Å². The molecule has 0 spiro atoms. The number of fused-ring (bicyclic) bond motifs is 1. The number of aromatic nitrogens is 1. The molecule has 0 aromatic carbocycles. The first-order valence-electron chi connectivity index (χ1n) is 7.38. The zero-order valence-electron chi connectivity index (χ0n) is 13.7. The third kappa shape index (κ3) is 3.33. The van der Waals surface area contributed by atoms with Crippen LogP contribution in [0.3, 0.4) is 0 Å². The predicted octanol–water partition coefficient (Wildman–Crippen LogP) is 1.66. The first-order valence-corrected chi connectivity index (χ1v) is 8.99. The van der Waals surface area contributed by atoms with E-state index in [1.165, 1.54) is 15.6 Å². The molecule has 6 heteroatoms. The van der Waals surface area contributed by atoms with Gasteiger partial charge in [0.15, 0.2) is 0 Å². The molecule has 2 rings (SSSR count). The van der Waals surface area contributed by atoms with E-state index in [2.05, 4.69) is 24.5 Å². The quantitative estimate of drug-likeness (QED) is 0.919. The highest BCUT2D eigenvalue weighted by atomic mass is 32.2. The van der Waals surface area contributed by atoms with E-state index in [0.29, 0.717) is 6.54 Å². The number of nitrogens with two attached hydrogens (primary N) is 1. The van der Waals surface area contributed by atoms with Crippen LogP contribution in [0.15, 0.2) is 6.07 Å². The van der Waals surface area contributed by atoms with Crippen molar-refractivity contribution in [2.45, 2.75) is 46.2 Å². The Kier molecular flexibility index (Phi) is 4.26. The van der Waals surface area contributed by atoms with Crippen molar-refractivity contribution in [3.8, 4) is 0 Å². The molecular weight excluding hydrogens is 286 g/mol. The summed E-state index contributed by atoms with van der Waals surface area (Å²) in [5.74, 6) is 0.123. The molecule has 120 valence electrons. The summed E-state index contributed by atoms with van der Waals surface area (Å²) in [7, 11) is -0.0271. The number of hydrogen-bond acceptors (Lipinski definition) is 3. The van der Waals surface area contributed by atoms with Crippen molar-refractivity contribution in [1.29, 1.82) is 0 Å². The normalized spacial score (nSPS) is 21.6. The summed E-state index contributed by atoms with van der Waals surface area (Å²) >= 11 is 0. The minimum Gasteiger partial charge on any atom is -0.347 e. The van der Waals surface area contributed by atoms with Crippen LogP contribution in [0.4, 0.5) is 0 Å². The molecule has 0 bridgehead atoms. The largest absolute Gasteiger partial charge is 0.347 e. The van der Waals surface area contributed by atoms with Crippen molar-refractivity contribution >= 4 is 10.0 Å². The maximum atomic E-state index is 12.0. The van der Waals surface area contributed by atoms with E-state index in [1.54, 1.807) is 14.1 Å². The molecule has 5 nitrogen and oxygen atoms in total. The Hall–Kier alpha value is -0.850. The number of aryl methyl sites for hydroxylation is 1. The van der Waals surface area contributed by atoms with Gasteiger partial charge in [-0.2, -0.15) is 0 Å². The third-order valence-corrected chi connectivity index (χ3v) is 6.21. The minimum atomic E-state index is -3.18. The topological polar surface area (TPSA) is 68.3 Å². The van der Waals surface area contributed by atoms with E-state index in [-0.39, 0.29) is 17.2 Å². The molecular formula is C15H27N3O2S. The molecule has 0 amide bonds. The Bertz CT molecular complexity index is 630. The zero-order chi connectivity index (χ0) is 16.0. The Morgan fingerprint density at radius 1 is 1.43 bits per heavy atom. The summed E-state index contributed by atoms with van der Waals surface area (Å²) in [5, 5.41) is 0. The van der Waals surface area contributed by atoms with Crippen molar-refractivity contribution in [3.63, 3.8) is 0 Å². The zero-order valence-corrected chi connectivity index (χ0v) is 14.5. The average Bonchev–Trinajstić information content (AvgIpc) is 2.62. The van der Waals surface area contributed by atoms with Crippen LogP contribution in [0.25, 0.3) is 0 Å². The van der Waals surface area contributed by atoms with Crippen molar-refractivity contribution in [3.05, 3.63) is 23.0 Å². The summed E-state index contributed by atoms with van der Waals surface area (Å²) in [4.78, 5) is 0. The first-order chi connectivity index (χ1) is 9.53. The summed E-state index contributed by atoms with van der Waals surface area (Å²) in [5.41, 5.74) is 9.96. The maximum Gasteiger partial charge on any atom is 0.215 e. The fourth-order valence-corrected chi connectivity index (χ4v) is 3.98. The number of sulfonamides is 1. The third-order valence-electron chi connectivity index (χ3n) is 4.40. The second kappa shape index (κ2) is 5.41. The Morgan fingerprint density at radius 3 is 2.62 bits per heavy atom. The molecule has 21 heavy (non-hydrogen) atoms. The van der Waals surface area contributed by atoms with Gasteiger partial charge in [-0.3, -0.25) is 0 Å². The summed E-state index contributed by atoms with van der Waals surface area (Å²) in [6.45, 7) is 6.96. The highest BCUT2D eigenvalue weighted by Gasteiger charge is 2.33. The van der Waals surface area contributed by atoms with E-state index in [4.69, 9.17) is 5.73 Å². The Balaban J connectivity index is 2.30. The maximum absolute atomic E-state index is 12.0. The van der Waals surface area contributed by atoms with Crippen LogP contribution in [0.2, 0.25) is 0 Å². The molecule has 2 N–H and O–H groups in total. The van der Waals surface area contributed by atoms with Crippen molar-refractivity contribution in [2.24, 2.45) is 11.1 Å². The van der Waals surface area contributed by atoms with Crippen LogP contribution in [0.5, 0.6) is 0 Å². The molecule has 1 aliphatic carbocycles. The monoisotopic (exact) mass is 313 g/mol. The number of hydrogen-bond donors (Lipinski definition) is 1. The fraction of sp³-hybridized carbons (Fsp3) is 0.733. The molecule has 1 aliphatic rings. The smallest absolute Gasteiger partial charge is 0.215 e. The van der Waals surface area contributed by atoms with Gasteiger partial charge in [0.2, 0.25) is 10.0 Å². The second-order valence-corrected chi connectivity index (χ2v) is 9.39. The van der Waals surface area contributed by atoms with Gasteiger partial charge in [0.25, 0.3) is 0 Å². The number of rotatable bonds is 4. The van der Waals surface area contributed by atoms with Crippen LogP contribution in [0.1, 0.15) is 43.3 Å². The van der Waals surface area contributed by atoms with Gasteiger partial charge >= 0.3 is 0 Å². The van der Waals surface area contributed by atoms with Gasteiger partial charge in [0.05, 0.1) is 5.75 Å². The lowest BCUT2D eigenvalue weighted by Crippen LogP contribution is -2.32. The van der Waals surface area contributed by atoms with E-state index >= 15 is 0 Å². The lowest BCUT2D eigenvalue weighted by atomic mass is 9.74. The van der Waals surface area contributed by atoms with Gasteiger partial charge < -0.3 is 10.3 Å². The van der Waals surface area contributed by atoms with E-state index in [0.717, 1.165) is 18.5 Å². The minimum absolute atomic E-state index is 0.0501. The molecule has 0 saturated carbocycles. The van der Waals surface area contributed by atoms with E-state index in [1.807, 2.05) is 6.92 Å². The number of nitrogens with zero attached hydrogens (tertiary/aromatic N) is 2. The van der Waals surface area contributed by atoms with Crippen molar-refractivity contribution in [2.75, 3.05) is 19.8 Å². The molecule has 0 fully saturated rings. The highest BCUT2D eigenvalue weighted by Crippen LogP contribution is 2.40. The summed E-state index contributed by atoms with van der Waals surface area (Å²) in [6.07, 6.45) is 1.92. The van der Waals surface area contributed by atoms with Crippen LogP contribution < -0.4 is 5.73 Å². The molecule has 0 saturated heterocycles. The molecule has 1 unspecified atom stereocenters. The highest BCUT2D eigenvalue weighted by molar-refractivity contribution is 7.89. The van der Waals surface area contributed by atoms with Gasteiger partial charge in [0.1, 0.15) is 0 Å². The average molecular weight is 313 g/mol. The first kappa shape index (κ1) is 16.5. The van der Waals surface area contributed by atoms with Crippen LogP contribution in [-0.4, -0.2) is 37.1 Å². The molecule has 1 aromatic rings.